The predicted molar refractivity (Wildman–Crippen MR) is 163 cm³/mol. The highest BCUT2D eigenvalue weighted by atomic mass is 35.5. The lowest BCUT2D eigenvalue weighted by molar-refractivity contribution is -0.117. The van der Waals surface area contributed by atoms with Crippen molar-refractivity contribution in [3.63, 3.8) is 0 Å². The molecule has 8 heteroatoms. The lowest BCUT2D eigenvalue weighted by atomic mass is 9.88. The summed E-state index contributed by atoms with van der Waals surface area (Å²) in [5.74, 6) is -0.0902. The van der Waals surface area contributed by atoms with Gasteiger partial charge in [-0.2, -0.15) is 0 Å². The molecule has 3 N–H and O–H groups in total. The van der Waals surface area contributed by atoms with Crippen LogP contribution in [-0.4, -0.2) is 43.3 Å². The summed E-state index contributed by atoms with van der Waals surface area (Å²) in [7, 11) is 0. The molecule has 0 aliphatic carbocycles. The van der Waals surface area contributed by atoms with Gasteiger partial charge in [-0.25, -0.2) is 0 Å². The molecule has 1 aliphatic rings. The van der Waals surface area contributed by atoms with Gasteiger partial charge in [0.1, 0.15) is 0 Å². The Bertz CT molecular complexity index is 1320. The van der Waals surface area contributed by atoms with Crippen molar-refractivity contribution in [2.24, 2.45) is 0 Å². The lowest BCUT2D eigenvalue weighted by Crippen LogP contribution is -2.43. The molecule has 0 saturated carbocycles. The minimum absolute atomic E-state index is 0.0224. The van der Waals surface area contributed by atoms with Crippen molar-refractivity contribution in [2.75, 3.05) is 30.0 Å². The largest absolute Gasteiger partial charge is 0.378 e. The van der Waals surface area contributed by atoms with E-state index in [4.69, 9.17) is 16.3 Å². The number of hydrogen-bond donors (Lipinski definition) is 3. The first-order valence-corrected chi connectivity index (χ1v) is 14.1. The van der Waals surface area contributed by atoms with Crippen molar-refractivity contribution in [1.29, 1.82) is 0 Å². The molecule has 0 radical (unpaired) electrons. The van der Waals surface area contributed by atoms with Crippen LogP contribution >= 0.6 is 11.6 Å². The molecule has 0 fully saturated rings. The van der Waals surface area contributed by atoms with Gasteiger partial charge in [-0.15, -0.1) is 0 Å². The van der Waals surface area contributed by atoms with Crippen LogP contribution in [0, 0.1) is 0 Å². The minimum atomic E-state index is -0.199. The van der Waals surface area contributed by atoms with Crippen LogP contribution in [0.15, 0.2) is 66.7 Å². The van der Waals surface area contributed by atoms with E-state index < -0.39 is 0 Å². The van der Waals surface area contributed by atoms with Crippen LogP contribution in [0.1, 0.15) is 63.0 Å². The fraction of sp³-hybridized carbons (Fsp3) is 0.375. The smallest absolute Gasteiger partial charge is 0.251 e. The number of anilines is 2. The SMILES string of the molecule is CC(=O)N1c2ccc(-c3ccc(C(=O)NCCNCOC(C)(C)C)cc3)cc2[C@H](Nc2ccc(Cl)cc2)C[C@@H]1C. The topological polar surface area (TPSA) is 82.7 Å². The fourth-order valence-corrected chi connectivity index (χ4v) is 5.05. The zero-order valence-corrected chi connectivity index (χ0v) is 24.6. The number of rotatable bonds is 9. The lowest BCUT2D eigenvalue weighted by Gasteiger charge is -2.39. The Hall–Kier alpha value is -3.39. The maximum Gasteiger partial charge on any atom is 0.251 e. The molecular weight excluding hydrogens is 524 g/mol. The Balaban J connectivity index is 1.47. The summed E-state index contributed by atoms with van der Waals surface area (Å²) < 4.78 is 5.62. The van der Waals surface area contributed by atoms with E-state index in [0.29, 0.717) is 30.4 Å². The predicted octanol–water partition coefficient (Wildman–Crippen LogP) is 6.40. The van der Waals surface area contributed by atoms with Crippen LogP contribution < -0.4 is 20.9 Å². The summed E-state index contributed by atoms with van der Waals surface area (Å²) in [6, 6.07) is 21.5. The van der Waals surface area contributed by atoms with Crippen molar-refractivity contribution >= 4 is 34.8 Å². The molecule has 0 aromatic heterocycles. The van der Waals surface area contributed by atoms with Crippen LogP contribution in [0.25, 0.3) is 11.1 Å². The normalized spacial score (nSPS) is 16.8. The molecule has 3 aromatic carbocycles. The van der Waals surface area contributed by atoms with Gasteiger partial charge in [0.25, 0.3) is 5.91 Å². The molecule has 2 amide bonds. The summed E-state index contributed by atoms with van der Waals surface area (Å²) >= 11 is 6.08. The zero-order chi connectivity index (χ0) is 28.9. The first kappa shape index (κ1) is 29.6. The second-order valence-corrected chi connectivity index (χ2v) is 11.6. The van der Waals surface area contributed by atoms with Crippen molar-refractivity contribution < 1.29 is 14.3 Å². The number of amides is 2. The first-order valence-electron chi connectivity index (χ1n) is 13.7. The van der Waals surface area contributed by atoms with E-state index in [1.54, 1.807) is 6.92 Å². The number of halogens is 1. The third-order valence-electron chi connectivity index (χ3n) is 6.88. The van der Waals surface area contributed by atoms with E-state index in [1.165, 1.54) is 0 Å². The summed E-state index contributed by atoms with van der Waals surface area (Å²) in [6.07, 6.45) is 0.773. The Labute approximate surface area is 242 Å². The number of carbonyl (C=O) groups excluding carboxylic acids is 2. The zero-order valence-electron chi connectivity index (χ0n) is 23.9. The standard InChI is InChI=1S/C32H39ClN4O3/c1-21-18-29(36-27-13-11-26(33)12-14-27)28-19-25(10-15-30(28)37(21)22(2)38)23-6-8-24(9-7-23)31(39)35-17-16-34-20-40-32(3,4)5/h6-15,19,21,29,34,36H,16-18,20H2,1-5H3,(H,35,39)/t21-,29+/m0/s1. The second kappa shape index (κ2) is 12.9. The summed E-state index contributed by atoms with van der Waals surface area (Å²) in [6.45, 7) is 11.3. The number of hydrogen-bond acceptors (Lipinski definition) is 5. The molecule has 2 atom stereocenters. The maximum atomic E-state index is 12.6. The highest BCUT2D eigenvalue weighted by Gasteiger charge is 2.32. The number of ether oxygens (including phenoxy) is 1. The van der Waals surface area contributed by atoms with Crippen LogP contribution in [0.4, 0.5) is 11.4 Å². The molecule has 0 saturated heterocycles. The minimum Gasteiger partial charge on any atom is -0.378 e. The first-order chi connectivity index (χ1) is 19.0. The van der Waals surface area contributed by atoms with Crippen molar-refractivity contribution in [2.45, 2.75) is 58.7 Å². The molecule has 1 heterocycles. The van der Waals surface area contributed by atoms with Crippen LogP contribution in [-0.2, 0) is 9.53 Å². The molecule has 4 rings (SSSR count). The van der Waals surface area contributed by atoms with Crippen LogP contribution in [0.3, 0.4) is 0 Å². The third-order valence-corrected chi connectivity index (χ3v) is 7.13. The van der Waals surface area contributed by atoms with Gasteiger partial charge in [0, 0.05) is 48.0 Å². The van der Waals surface area contributed by atoms with E-state index >= 15 is 0 Å². The van der Waals surface area contributed by atoms with Crippen molar-refractivity contribution in [1.82, 2.24) is 10.6 Å². The van der Waals surface area contributed by atoms with Crippen molar-refractivity contribution in [3.05, 3.63) is 82.9 Å². The van der Waals surface area contributed by atoms with E-state index in [0.717, 1.165) is 34.5 Å². The van der Waals surface area contributed by atoms with Gasteiger partial charge in [-0.1, -0.05) is 29.8 Å². The number of fused-ring (bicyclic) bond motifs is 1. The maximum absolute atomic E-state index is 12.6. The average Bonchev–Trinajstić information content (AvgIpc) is 2.91. The monoisotopic (exact) mass is 562 g/mol. The summed E-state index contributed by atoms with van der Waals surface area (Å²) in [5.41, 5.74) is 5.38. The molecule has 212 valence electrons. The van der Waals surface area contributed by atoms with Gasteiger partial charge in [0.15, 0.2) is 0 Å². The molecule has 0 bridgehead atoms. The van der Waals surface area contributed by atoms with E-state index in [9.17, 15) is 9.59 Å². The number of nitrogens with zero attached hydrogens (tertiary/aromatic N) is 1. The average molecular weight is 563 g/mol. The van der Waals surface area contributed by atoms with E-state index in [2.05, 4.69) is 28.9 Å². The molecule has 0 unspecified atom stereocenters. The second-order valence-electron chi connectivity index (χ2n) is 11.2. The Morgan fingerprint density at radius 2 is 1.65 bits per heavy atom. The number of nitrogens with one attached hydrogen (secondary N) is 3. The van der Waals surface area contributed by atoms with Gasteiger partial charge in [0.05, 0.1) is 18.4 Å². The van der Waals surface area contributed by atoms with Crippen molar-refractivity contribution in [3.8, 4) is 11.1 Å². The van der Waals surface area contributed by atoms with Gasteiger partial charge >= 0.3 is 0 Å². The van der Waals surface area contributed by atoms with Gasteiger partial charge in [-0.3, -0.25) is 14.9 Å². The summed E-state index contributed by atoms with van der Waals surface area (Å²) in [4.78, 5) is 27.0. The van der Waals surface area contributed by atoms with Gasteiger partial charge < -0.3 is 20.3 Å². The highest BCUT2D eigenvalue weighted by molar-refractivity contribution is 6.30. The Kier molecular flexibility index (Phi) is 9.51. The fourth-order valence-electron chi connectivity index (χ4n) is 4.93. The van der Waals surface area contributed by atoms with Crippen LogP contribution in [0.2, 0.25) is 5.02 Å². The third kappa shape index (κ3) is 7.62. The Morgan fingerprint density at radius 1 is 0.975 bits per heavy atom. The molecule has 3 aromatic rings. The molecule has 7 nitrogen and oxygen atoms in total. The van der Waals surface area contributed by atoms with Crippen LogP contribution in [0.5, 0.6) is 0 Å². The molecule has 1 aliphatic heterocycles. The molecule has 40 heavy (non-hydrogen) atoms. The highest BCUT2D eigenvalue weighted by Crippen LogP contribution is 2.41. The molecule has 0 spiro atoms. The van der Waals surface area contributed by atoms with Gasteiger partial charge in [0.2, 0.25) is 5.91 Å². The number of carbonyl (C=O) groups is 2. The van der Waals surface area contributed by atoms with E-state index in [-0.39, 0.29) is 29.5 Å². The quantitative estimate of drug-likeness (QED) is 0.208. The Morgan fingerprint density at radius 3 is 2.30 bits per heavy atom. The summed E-state index contributed by atoms with van der Waals surface area (Å²) in [5, 5.41) is 10.4. The number of benzene rings is 3. The van der Waals surface area contributed by atoms with E-state index in [1.807, 2.05) is 86.3 Å². The molecular formula is C32H39ClN4O3. The van der Waals surface area contributed by atoms with Gasteiger partial charge in [-0.05, 0) is 99.3 Å².